The van der Waals surface area contributed by atoms with Gasteiger partial charge in [-0.3, -0.25) is 4.79 Å². The van der Waals surface area contributed by atoms with Gasteiger partial charge in [-0.15, -0.1) is 0 Å². The fraction of sp³-hybridized carbons (Fsp3) is 0. The molecule has 0 fully saturated rings. The minimum absolute atomic E-state index is 0.394. The van der Waals surface area contributed by atoms with Crippen LogP contribution >= 0.6 is 11.8 Å². The van der Waals surface area contributed by atoms with Crippen LogP contribution in [0.1, 0.15) is 10.4 Å². The molecular weight excluding hydrogens is 318 g/mol. The second kappa shape index (κ2) is 7.10. The summed E-state index contributed by atoms with van der Waals surface area (Å²) in [5.41, 5.74) is 13.9. The zero-order valence-corrected chi connectivity index (χ0v) is 13.7. The van der Waals surface area contributed by atoms with Crippen molar-refractivity contribution in [1.82, 2.24) is 0 Å². The topological polar surface area (TPSA) is 81.1 Å². The van der Waals surface area contributed by atoms with E-state index < -0.39 is 5.91 Å². The highest BCUT2D eigenvalue weighted by atomic mass is 32.2. The van der Waals surface area contributed by atoms with Crippen LogP contribution in [0.4, 0.5) is 17.1 Å². The standard InChI is InChI=1S/C19H17N3OS/c20-15-12-13(19(21)23)10-11-16(15)22-17-8-4-5-9-18(17)24-14-6-2-1-3-7-14/h1-12,22H,20H2,(H2,21,23). The molecule has 1 amide bonds. The maximum atomic E-state index is 11.2. The van der Waals surface area contributed by atoms with Gasteiger partial charge in [0.05, 0.1) is 17.1 Å². The lowest BCUT2D eigenvalue weighted by Gasteiger charge is -2.14. The average molecular weight is 335 g/mol. The number of anilines is 3. The number of benzene rings is 3. The molecule has 0 aliphatic carbocycles. The SMILES string of the molecule is NC(=O)c1ccc(Nc2ccccc2Sc2ccccc2)c(N)c1. The predicted molar refractivity (Wildman–Crippen MR) is 99.7 cm³/mol. The number of nitrogens with two attached hydrogens (primary N) is 2. The Bertz CT molecular complexity index is 865. The van der Waals surface area contributed by atoms with E-state index in [0.29, 0.717) is 11.3 Å². The van der Waals surface area contributed by atoms with Gasteiger partial charge in [0.25, 0.3) is 0 Å². The van der Waals surface area contributed by atoms with Crippen LogP contribution < -0.4 is 16.8 Å². The lowest BCUT2D eigenvalue weighted by atomic mass is 10.1. The summed E-state index contributed by atoms with van der Waals surface area (Å²) in [6, 6.07) is 23.2. The van der Waals surface area contributed by atoms with Crippen molar-refractivity contribution in [3.05, 3.63) is 78.4 Å². The molecule has 0 saturated carbocycles. The summed E-state index contributed by atoms with van der Waals surface area (Å²) in [5.74, 6) is -0.492. The van der Waals surface area contributed by atoms with Gasteiger partial charge >= 0.3 is 0 Å². The molecule has 3 aromatic carbocycles. The molecule has 0 saturated heterocycles. The quantitative estimate of drug-likeness (QED) is 0.608. The van der Waals surface area contributed by atoms with E-state index in [4.69, 9.17) is 11.5 Å². The Hall–Kier alpha value is -2.92. The minimum Gasteiger partial charge on any atom is -0.397 e. The number of para-hydroxylation sites is 1. The molecule has 0 aliphatic heterocycles. The van der Waals surface area contributed by atoms with Gasteiger partial charge in [0.15, 0.2) is 0 Å². The van der Waals surface area contributed by atoms with Crippen LogP contribution in [0.2, 0.25) is 0 Å². The molecule has 0 radical (unpaired) electrons. The fourth-order valence-electron chi connectivity index (χ4n) is 2.25. The normalized spacial score (nSPS) is 10.3. The summed E-state index contributed by atoms with van der Waals surface area (Å²) >= 11 is 1.67. The van der Waals surface area contributed by atoms with Gasteiger partial charge in [-0.25, -0.2) is 0 Å². The molecule has 120 valence electrons. The third-order valence-electron chi connectivity index (χ3n) is 3.46. The van der Waals surface area contributed by atoms with Gasteiger partial charge in [0.2, 0.25) is 5.91 Å². The Morgan fingerprint density at radius 3 is 2.29 bits per heavy atom. The Balaban J connectivity index is 1.87. The molecule has 0 atom stereocenters. The van der Waals surface area contributed by atoms with Crippen molar-refractivity contribution < 1.29 is 4.79 Å². The van der Waals surface area contributed by atoms with Crippen LogP contribution in [-0.4, -0.2) is 5.91 Å². The van der Waals surface area contributed by atoms with Gasteiger partial charge in [-0.2, -0.15) is 0 Å². The van der Waals surface area contributed by atoms with Crippen molar-refractivity contribution in [2.45, 2.75) is 9.79 Å². The van der Waals surface area contributed by atoms with E-state index in [2.05, 4.69) is 17.4 Å². The number of carbonyl (C=O) groups is 1. The predicted octanol–water partition coefficient (Wildman–Crippen LogP) is 4.26. The van der Waals surface area contributed by atoms with E-state index in [9.17, 15) is 4.79 Å². The maximum Gasteiger partial charge on any atom is 0.248 e. The molecule has 4 nitrogen and oxygen atoms in total. The minimum atomic E-state index is -0.492. The fourth-order valence-corrected chi connectivity index (χ4v) is 3.17. The third-order valence-corrected chi connectivity index (χ3v) is 4.55. The van der Waals surface area contributed by atoms with Crippen LogP contribution in [0.5, 0.6) is 0 Å². The number of amides is 1. The van der Waals surface area contributed by atoms with Crippen LogP contribution in [-0.2, 0) is 0 Å². The summed E-state index contributed by atoms with van der Waals surface area (Å²) in [6.07, 6.45) is 0. The molecule has 0 heterocycles. The number of nitrogens with one attached hydrogen (secondary N) is 1. The molecule has 0 aromatic heterocycles. The molecule has 0 unspecified atom stereocenters. The second-order valence-electron chi connectivity index (χ2n) is 5.20. The maximum absolute atomic E-state index is 11.2. The van der Waals surface area contributed by atoms with Gasteiger partial charge in [0, 0.05) is 15.4 Å². The van der Waals surface area contributed by atoms with Gasteiger partial charge in [0.1, 0.15) is 0 Å². The van der Waals surface area contributed by atoms with Crippen molar-refractivity contribution in [2.75, 3.05) is 11.1 Å². The molecule has 0 spiro atoms. The smallest absolute Gasteiger partial charge is 0.248 e. The molecule has 0 aliphatic rings. The van der Waals surface area contributed by atoms with Crippen molar-refractivity contribution in [3.63, 3.8) is 0 Å². The Kier molecular flexibility index (Phi) is 4.72. The molecule has 3 aromatic rings. The Morgan fingerprint density at radius 2 is 1.58 bits per heavy atom. The van der Waals surface area contributed by atoms with E-state index in [1.807, 2.05) is 42.5 Å². The van der Waals surface area contributed by atoms with E-state index in [1.54, 1.807) is 30.0 Å². The van der Waals surface area contributed by atoms with Crippen LogP contribution in [0.3, 0.4) is 0 Å². The highest BCUT2D eigenvalue weighted by molar-refractivity contribution is 7.99. The zero-order chi connectivity index (χ0) is 16.9. The molecule has 24 heavy (non-hydrogen) atoms. The molecule has 5 N–H and O–H groups in total. The summed E-state index contributed by atoms with van der Waals surface area (Å²) in [6.45, 7) is 0. The van der Waals surface area contributed by atoms with Crippen molar-refractivity contribution >= 4 is 34.7 Å². The lowest BCUT2D eigenvalue weighted by molar-refractivity contribution is 0.100. The van der Waals surface area contributed by atoms with E-state index >= 15 is 0 Å². The Labute approximate surface area is 144 Å². The molecule has 3 rings (SSSR count). The largest absolute Gasteiger partial charge is 0.397 e. The molecule has 5 heteroatoms. The van der Waals surface area contributed by atoms with E-state index in [-0.39, 0.29) is 0 Å². The first-order valence-electron chi connectivity index (χ1n) is 7.42. The number of rotatable bonds is 5. The Morgan fingerprint density at radius 1 is 0.875 bits per heavy atom. The molecular formula is C19H17N3OS. The van der Waals surface area contributed by atoms with E-state index in [0.717, 1.165) is 21.2 Å². The molecule has 0 bridgehead atoms. The van der Waals surface area contributed by atoms with Gasteiger partial charge < -0.3 is 16.8 Å². The number of carbonyl (C=O) groups excluding carboxylic acids is 1. The number of hydrogen-bond donors (Lipinski definition) is 3. The van der Waals surface area contributed by atoms with Crippen molar-refractivity contribution in [3.8, 4) is 0 Å². The third kappa shape index (κ3) is 3.70. The van der Waals surface area contributed by atoms with E-state index in [1.165, 1.54) is 0 Å². The number of primary amides is 1. The summed E-state index contributed by atoms with van der Waals surface area (Å²) in [5, 5.41) is 3.33. The first-order valence-corrected chi connectivity index (χ1v) is 8.23. The lowest BCUT2D eigenvalue weighted by Crippen LogP contribution is -2.11. The summed E-state index contributed by atoms with van der Waals surface area (Å²) in [7, 11) is 0. The van der Waals surface area contributed by atoms with Crippen molar-refractivity contribution in [2.24, 2.45) is 5.73 Å². The van der Waals surface area contributed by atoms with Crippen LogP contribution in [0, 0.1) is 0 Å². The first kappa shape index (κ1) is 16.0. The highest BCUT2D eigenvalue weighted by Crippen LogP contribution is 2.35. The first-order chi connectivity index (χ1) is 11.6. The zero-order valence-electron chi connectivity index (χ0n) is 12.9. The number of nitrogen functional groups attached to an aromatic ring is 1. The van der Waals surface area contributed by atoms with Crippen LogP contribution in [0.15, 0.2) is 82.6 Å². The van der Waals surface area contributed by atoms with Gasteiger partial charge in [-0.05, 0) is 42.5 Å². The summed E-state index contributed by atoms with van der Waals surface area (Å²) in [4.78, 5) is 13.5. The number of hydrogen-bond acceptors (Lipinski definition) is 4. The van der Waals surface area contributed by atoms with Crippen LogP contribution in [0.25, 0.3) is 0 Å². The highest BCUT2D eigenvalue weighted by Gasteiger charge is 2.08. The average Bonchev–Trinajstić information content (AvgIpc) is 2.59. The summed E-state index contributed by atoms with van der Waals surface area (Å²) < 4.78 is 0. The van der Waals surface area contributed by atoms with Crippen molar-refractivity contribution in [1.29, 1.82) is 0 Å². The second-order valence-corrected chi connectivity index (χ2v) is 6.32. The monoisotopic (exact) mass is 335 g/mol. The van der Waals surface area contributed by atoms with Gasteiger partial charge in [-0.1, -0.05) is 42.1 Å².